The first-order valence-electron chi connectivity index (χ1n) is 6.80. The highest BCUT2D eigenvalue weighted by Crippen LogP contribution is 2.27. The Kier molecular flexibility index (Phi) is 3.41. The highest BCUT2D eigenvalue weighted by molar-refractivity contribution is 6.31. The molecule has 1 atom stereocenters. The first kappa shape index (κ1) is 14.6. The van der Waals surface area contributed by atoms with Crippen LogP contribution < -0.4 is 11.2 Å². The second-order valence-corrected chi connectivity index (χ2v) is 5.63. The molecule has 0 N–H and O–H groups in total. The van der Waals surface area contributed by atoms with E-state index < -0.39 is 5.69 Å². The maximum absolute atomic E-state index is 12.5. The summed E-state index contributed by atoms with van der Waals surface area (Å²) < 4.78 is 4.20. The fraction of sp³-hybridized carbons (Fsp3) is 0.267. The largest absolute Gasteiger partial charge is 0.332 e. The molecular formula is C15H15ClN4O2. The van der Waals surface area contributed by atoms with Gasteiger partial charge in [0, 0.05) is 19.1 Å². The van der Waals surface area contributed by atoms with Gasteiger partial charge < -0.3 is 4.57 Å². The minimum Gasteiger partial charge on any atom is -0.317 e. The van der Waals surface area contributed by atoms with Gasteiger partial charge in [-0.2, -0.15) is 0 Å². The molecule has 0 bridgehead atoms. The van der Waals surface area contributed by atoms with E-state index in [9.17, 15) is 9.59 Å². The normalized spacial score (nSPS) is 12.7. The minimum atomic E-state index is -0.395. The minimum absolute atomic E-state index is 0.177. The van der Waals surface area contributed by atoms with Gasteiger partial charge in [0.15, 0.2) is 11.2 Å². The molecule has 6 nitrogen and oxygen atoms in total. The Labute approximate surface area is 131 Å². The third-order valence-corrected chi connectivity index (χ3v) is 4.29. The van der Waals surface area contributed by atoms with E-state index in [0.29, 0.717) is 16.2 Å². The number of fused-ring (bicyclic) bond motifs is 1. The molecule has 3 rings (SSSR count). The molecule has 0 spiro atoms. The summed E-state index contributed by atoms with van der Waals surface area (Å²) >= 11 is 6.24. The maximum Gasteiger partial charge on any atom is 0.332 e. The van der Waals surface area contributed by atoms with Crippen molar-refractivity contribution in [3.8, 4) is 0 Å². The van der Waals surface area contributed by atoms with E-state index in [2.05, 4.69) is 4.98 Å². The molecule has 22 heavy (non-hydrogen) atoms. The molecule has 0 saturated carbocycles. The molecule has 2 aromatic heterocycles. The van der Waals surface area contributed by atoms with Gasteiger partial charge in [0.1, 0.15) is 0 Å². The van der Waals surface area contributed by atoms with E-state index in [0.717, 1.165) is 10.1 Å². The van der Waals surface area contributed by atoms with Crippen molar-refractivity contribution in [1.29, 1.82) is 0 Å². The van der Waals surface area contributed by atoms with Crippen LogP contribution in [0.2, 0.25) is 5.02 Å². The lowest BCUT2D eigenvalue weighted by Crippen LogP contribution is -2.37. The molecule has 0 amide bonds. The Balaban J connectivity index is 2.32. The Morgan fingerprint density at radius 3 is 2.50 bits per heavy atom. The summed E-state index contributed by atoms with van der Waals surface area (Å²) in [6.07, 6.45) is 1.57. The summed E-state index contributed by atoms with van der Waals surface area (Å²) in [6, 6.07) is 7.28. The van der Waals surface area contributed by atoms with E-state index in [1.54, 1.807) is 24.0 Å². The van der Waals surface area contributed by atoms with Gasteiger partial charge in [0.05, 0.1) is 12.4 Å². The highest BCUT2D eigenvalue weighted by Gasteiger charge is 2.19. The van der Waals surface area contributed by atoms with Crippen molar-refractivity contribution in [2.24, 2.45) is 14.1 Å². The van der Waals surface area contributed by atoms with Crippen molar-refractivity contribution >= 4 is 22.8 Å². The number of benzene rings is 1. The molecule has 0 aliphatic heterocycles. The van der Waals surface area contributed by atoms with Crippen LogP contribution >= 0.6 is 11.6 Å². The molecule has 7 heteroatoms. The van der Waals surface area contributed by atoms with Gasteiger partial charge >= 0.3 is 5.69 Å². The zero-order valence-electron chi connectivity index (χ0n) is 12.4. The number of hydrogen-bond donors (Lipinski definition) is 0. The lowest BCUT2D eigenvalue weighted by Gasteiger charge is -2.16. The van der Waals surface area contributed by atoms with Crippen molar-refractivity contribution in [2.45, 2.75) is 13.0 Å². The number of aryl methyl sites for hydroxylation is 1. The van der Waals surface area contributed by atoms with E-state index in [-0.39, 0.29) is 11.6 Å². The second kappa shape index (κ2) is 5.14. The van der Waals surface area contributed by atoms with E-state index >= 15 is 0 Å². The fourth-order valence-electron chi connectivity index (χ4n) is 2.62. The molecule has 1 aromatic carbocycles. The predicted octanol–water partition coefficient (Wildman–Crippen LogP) is 1.70. The van der Waals surface area contributed by atoms with Crippen LogP contribution in [0.25, 0.3) is 11.2 Å². The maximum atomic E-state index is 12.5. The zero-order chi connectivity index (χ0) is 16.0. The van der Waals surface area contributed by atoms with Crippen LogP contribution in [0, 0.1) is 0 Å². The summed E-state index contributed by atoms with van der Waals surface area (Å²) in [5.41, 5.74) is 0.881. The second-order valence-electron chi connectivity index (χ2n) is 5.23. The third-order valence-electron chi connectivity index (χ3n) is 3.95. The monoisotopic (exact) mass is 318 g/mol. The Bertz CT molecular complexity index is 983. The van der Waals surface area contributed by atoms with Crippen molar-refractivity contribution < 1.29 is 0 Å². The molecule has 0 fully saturated rings. The number of rotatable bonds is 2. The lowest BCUT2D eigenvalue weighted by atomic mass is 10.1. The summed E-state index contributed by atoms with van der Waals surface area (Å²) in [7, 11) is 3.06. The van der Waals surface area contributed by atoms with Crippen LogP contribution in [-0.2, 0) is 14.1 Å². The predicted molar refractivity (Wildman–Crippen MR) is 85.5 cm³/mol. The third kappa shape index (κ3) is 1.99. The molecule has 0 unspecified atom stereocenters. The van der Waals surface area contributed by atoms with Gasteiger partial charge in [0.25, 0.3) is 5.56 Å². The first-order valence-corrected chi connectivity index (χ1v) is 7.18. The quantitative estimate of drug-likeness (QED) is 0.722. The molecular weight excluding hydrogens is 304 g/mol. The SMILES string of the molecule is C[C@@H](c1ccccc1Cl)n1cnc2c1c(=O)n(C)c(=O)n2C. The summed E-state index contributed by atoms with van der Waals surface area (Å²) in [4.78, 5) is 28.6. The van der Waals surface area contributed by atoms with Gasteiger partial charge in [-0.05, 0) is 18.6 Å². The van der Waals surface area contributed by atoms with E-state index in [1.165, 1.54) is 11.6 Å². The highest BCUT2D eigenvalue weighted by atomic mass is 35.5. The molecule has 3 aromatic rings. The van der Waals surface area contributed by atoms with Crippen molar-refractivity contribution in [1.82, 2.24) is 18.7 Å². The topological polar surface area (TPSA) is 61.8 Å². The average molecular weight is 319 g/mol. The van der Waals surface area contributed by atoms with Gasteiger partial charge in [-0.3, -0.25) is 13.9 Å². The van der Waals surface area contributed by atoms with Crippen LogP contribution in [-0.4, -0.2) is 18.7 Å². The standard InChI is InChI=1S/C15H15ClN4O2/c1-9(10-6-4-5-7-11(10)16)20-8-17-13-12(20)14(21)19(3)15(22)18(13)2/h4-9H,1-3H3/t9-/m0/s1. The molecule has 0 saturated heterocycles. The van der Waals surface area contributed by atoms with E-state index in [4.69, 9.17) is 11.6 Å². The van der Waals surface area contributed by atoms with Crippen LogP contribution in [0.5, 0.6) is 0 Å². The summed E-state index contributed by atoms with van der Waals surface area (Å²) in [6.45, 7) is 1.94. The van der Waals surface area contributed by atoms with Crippen molar-refractivity contribution in [3.63, 3.8) is 0 Å². The summed E-state index contributed by atoms with van der Waals surface area (Å²) in [5.74, 6) is 0. The first-order chi connectivity index (χ1) is 10.4. The number of imidazole rings is 1. The van der Waals surface area contributed by atoms with Crippen LogP contribution in [0.1, 0.15) is 18.5 Å². The van der Waals surface area contributed by atoms with Crippen molar-refractivity contribution in [3.05, 3.63) is 62.0 Å². The van der Waals surface area contributed by atoms with Gasteiger partial charge in [0.2, 0.25) is 0 Å². The molecule has 0 aliphatic rings. The number of nitrogens with zero attached hydrogens (tertiary/aromatic N) is 4. The zero-order valence-corrected chi connectivity index (χ0v) is 13.2. The van der Waals surface area contributed by atoms with Gasteiger partial charge in [-0.25, -0.2) is 9.78 Å². The Morgan fingerprint density at radius 1 is 1.14 bits per heavy atom. The smallest absolute Gasteiger partial charge is 0.317 e. The lowest BCUT2D eigenvalue weighted by molar-refractivity contribution is 0.646. The van der Waals surface area contributed by atoms with Gasteiger partial charge in [-0.1, -0.05) is 29.8 Å². The molecule has 0 radical (unpaired) electrons. The van der Waals surface area contributed by atoms with Gasteiger partial charge in [-0.15, -0.1) is 0 Å². The number of hydrogen-bond acceptors (Lipinski definition) is 3. The Hall–Kier alpha value is -2.34. The van der Waals surface area contributed by atoms with Crippen LogP contribution in [0.4, 0.5) is 0 Å². The van der Waals surface area contributed by atoms with E-state index in [1.807, 2.05) is 25.1 Å². The van der Waals surface area contributed by atoms with Crippen LogP contribution in [0.3, 0.4) is 0 Å². The molecule has 2 heterocycles. The molecule has 114 valence electrons. The molecule has 0 aliphatic carbocycles. The number of aromatic nitrogens is 4. The van der Waals surface area contributed by atoms with Crippen LogP contribution in [0.15, 0.2) is 40.2 Å². The Morgan fingerprint density at radius 2 is 1.82 bits per heavy atom. The summed E-state index contributed by atoms with van der Waals surface area (Å²) in [5, 5.41) is 0.624. The fourth-order valence-corrected chi connectivity index (χ4v) is 2.92. The number of halogens is 1. The average Bonchev–Trinajstić information content (AvgIpc) is 2.95. The van der Waals surface area contributed by atoms with Crippen molar-refractivity contribution in [2.75, 3.05) is 0 Å².